The van der Waals surface area contributed by atoms with Gasteiger partial charge in [-0.25, -0.2) is 13.2 Å². The molecule has 1 atom stereocenters. The first-order chi connectivity index (χ1) is 9.89. The molecule has 1 rings (SSSR count). The molecule has 22 heavy (non-hydrogen) atoms. The standard InChI is InChI=1S/C14H20N2O5S/c1-8-6-9(2)12(10(3)7-8)22(20,21)16-14(5,13(18)19)15-11(4)17/h6-7,16H,1-5H3,(H,15,17)(H,18,19). The number of benzene rings is 1. The molecule has 0 aliphatic rings. The zero-order chi connectivity index (χ0) is 17.3. The molecule has 1 aromatic carbocycles. The van der Waals surface area contributed by atoms with Crippen LogP contribution in [0.3, 0.4) is 0 Å². The van der Waals surface area contributed by atoms with Gasteiger partial charge in [-0.15, -0.1) is 0 Å². The topological polar surface area (TPSA) is 113 Å². The third kappa shape index (κ3) is 3.83. The lowest BCUT2D eigenvalue weighted by molar-refractivity contribution is -0.147. The number of carbonyl (C=O) groups is 2. The quantitative estimate of drug-likeness (QED) is 0.693. The molecule has 1 amide bonds. The molecular formula is C14H20N2O5S. The van der Waals surface area contributed by atoms with Crippen molar-refractivity contribution in [3.8, 4) is 0 Å². The minimum absolute atomic E-state index is 0.0101. The lowest BCUT2D eigenvalue weighted by Crippen LogP contribution is -2.63. The largest absolute Gasteiger partial charge is 0.478 e. The van der Waals surface area contributed by atoms with E-state index in [1.807, 2.05) is 6.92 Å². The molecule has 8 heteroatoms. The molecule has 1 unspecified atom stereocenters. The predicted molar refractivity (Wildman–Crippen MR) is 80.8 cm³/mol. The molecule has 0 fully saturated rings. The molecule has 0 saturated heterocycles. The zero-order valence-corrected chi connectivity index (χ0v) is 14.0. The highest BCUT2D eigenvalue weighted by molar-refractivity contribution is 7.89. The van der Waals surface area contributed by atoms with Gasteiger partial charge in [0.15, 0.2) is 0 Å². The average Bonchev–Trinajstić information content (AvgIpc) is 2.23. The number of aryl methyl sites for hydroxylation is 3. The van der Waals surface area contributed by atoms with Crippen LogP contribution in [-0.4, -0.2) is 31.1 Å². The van der Waals surface area contributed by atoms with Gasteiger partial charge in [-0.3, -0.25) is 4.79 Å². The van der Waals surface area contributed by atoms with Crippen LogP contribution in [0.25, 0.3) is 0 Å². The van der Waals surface area contributed by atoms with Crippen LogP contribution in [0.5, 0.6) is 0 Å². The molecule has 7 nitrogen and oxygen atoms in total. The van der Waals surface area contributed by atoms with Crippen LogP contribution in [0, 0.1) is 20.8 Å². The Morgan fingerprint density at radius 1 is 1.14 bits per heavy atom. The van der Waals surface area contributed by atoms with Gasteiger partial charge in [-0.05, 0) is 38.8 Å². The first-order valence-corrected chi connectivity index (χ1v) is 8.01. The van der Waals surface area contributed by atoms with E-state index in [2.05, 4.69) is 10.0 Å². The van der Waals surface area contributed by atoms with Gasteiger partial charge >= 0.3 is 5.97 Å². The van der Waals surface area contributed by atoms with Gasteiger partial charge in [0.1, 0.15) is 0 Å². The van der Waals surface area contributed by atoms with E-state index in [0.717, 1.165) is 19.4 Å². The number of aliphatic carboxylic acids is 1. The van der Waals surface area contributed by atoms with Crippen molar-refractivity contribution in [1.29, 1.82) is 0 Å². The van der Waals surface area contributed by atoms with Crippen LogP contribution in [0.15, 0.2) is 17.0 Å². The molecule has 0 aromatic heterocycles. The van der Waals surface area contributed by atoms with Crippen molar-refractivity contribution in [3.05, 3.63) is 28.8 Å². The number of amides is 1. The van der Waals surface area contributed by atoms with E-state index in [1.165, 1.54) is 0 Å². The molecule has 0 bridgehead atoms. The van der Waals surface area contributed by atoms with Gasteiger partial charge in [-0.2, -0.15) is 4.72 Å². The van der Waals surface area contributed by atoms with Gasteiger partial charge in [0.2, 0.25) is 21.6 Å². The van der Waals surface area contributed by atoms with Crippen LogP contribution < -0.4 is 10.0 Å². The van der Waals surface area contributed by atoms with E-state index >= 15 is 0 Å². The Morgan fingerprint density at radius 2 is 1.59 bits per heavy atom. The van der Waals surface area contributed by atoms with Crippen molar-refractivity contribution < 1.29 is 23.1 Å². The van der Waals surface area contributed by atoms with Gasteiger partial charge in [0.05, 0.1) is 4.90 Å². The first kappa shape index (κ1) is 18.1. The second-order valence-electron chi connectivity index (χ2n) is 5.44. The Bertz CT molecular complexity index is 704. The molecule has 1 aromatic rings. The lowest BCUT2D eigenvalue weighted by atomic mass is 10.1. The highest BCUT2D eigenvalue weighted by Gasteiger charge is 2.39. The van der Waals surface area contributed by atoms with E-state index in [-0.39, 0.29) is 4.90 Å². The smallest absolute Gasteiger partial charge is 0.345 e. The molecular weight excluding hydrogens is 308 g/mol. The number of hydrogen-bond donors (Lipinski definition) is 3. The molecule has 3 N–H and O–H groups in total. The number of hydrogen-bond acceptors (Lipinski definition) is 4. The highest BCUT2D eigenvalue weighted by atomic mass is 32.2. The third-order valence-corrected chi connectivity index (χ3v) is 4.92. The SMILES string of the molecule is CC(=O)NC(C)(NS(=O)(=O)c1c(C)cc(C)cc1C)C(=O)O. The molecule has 0 radical (unpaired) electrons. The predicted octanol–water partition coefficient (Wildman–Crippen LogP) is 0.827. The van der Waals surface area contributed by atoms with E-state index in [0.29, 0.717) is 11.1 Å². The fourth-order valence-corrected chi connectivity index (χ4v) is 4.13. The number of rotatable bonds is 5. The van der Waals surface area contributed by atoms with Crippen LogP contribution in [0.4, 0.5) is 0 Å². The summed E-state index contributed by atoms with van der Waals surface area (Å²) in [7, 11) is -4.13. The van der Waals surface area contributed by atoms with E-state index in [1.54, 1.807) is 26.0 Å². The number of sulfonamides is 1. The molecule has 0 aliphatic carbocycles. The molecule has 0 aliphatic heterocycles. The Morgan fingerprint density at radius 3 is 1.95 bits per heavy atom. The van der Waals surface area contributed by atoms with Crippen molar-refractivity contribution in [3.63, 3.8) is 0 Å². The van der Waals surface area contributed by atoms with E-state index in [4.69, 9.17) is 0 Å². The van der Waals surface area contributed by atoms with Crippen molar-refractivity contribution in [2.75, 3.05) is 0 Å². The fourth-order valence-electron chi connectivity index (χ4n) is 2.39. The van der Waals surface area contributed by atoms with Crippen molar-refractivity contribution in [2.24, 2.45) is 0 Å². The van der Waals surface area contributed by atoms with Crippen LogP contribution in [0.1, 0.15) is 30.5 Å². The summed E-state index contributed by atoms with van der Waals surface area (Å²) < 4.78 is 27.2. The Hall–Kier alpha value is -1.93. The van der Waals surface area contributed by atoms with Crippen LogP contribution in [-0.2, 0) is 19.6 Å². The summed E-state index contributed by atoms with van der Waals surface area (Å²) in [5.41, 5.74) is -0.230. The second kappa shape index (κ2) is 6.05. The fraction of sp³-hybridized carbons (Fsp3) is 0.429. The summed E-state index contributed by atoms with van der Waals surface area (Å²) in [6.45, 7) is 7.28. The summed E-state index contributed by atoms with van der Waals surface area (Å²) in [4.78, 5) is 22.5. The van der Waals surface area contributed by atoms with Gasteiger partial charge < -0.3 is 10.4 Å². The van der Waals surface area contributed by atoms with Crippen molar-refractivity contribution >= 4 is 21.9 Å². The summed E-state index contributed by atoms with van der Waals surface area (Å²) >= 11 is 0. The second-order valence-corrected chi connectivity index (χ2v) is 7.06. The third-order valence-electron chi connectivity index (χ3n) is 3.07. The number of carbonyl (C=O) groups excluding carboxylic acids is 1. The number of nitrogens with one attached hydrogen (secondary N) is 2. The summed E-state index contributed by atoms with van der Waals surface area (Å²) in [6, 6.07) is 3.39. The average molecular weight is 328 g/mol. The summed E-state index contributed by atoms with van der Waals surface area (Å²) in [5, 5.41) is 11.3. The van der Waals surface area contributed by atoms with E-state index < -0.39 is 27.6 Å². The normalized spacial score (nSPS) is 14.2. The van der Waals surface area contributed by atoms with E-state index in [9.17, 15) is 23.1 Å². The Kier molecular flexibility index (Phi) is 4.99. The maximum Gasteiger partial charge on any atom is 0.345 e. The van der Waals surface area contributed by atoms with Gasteiger partial charge in [-0.1, -0.05) is 17.7 Å². The molecule has 0 saturated carbocycles. The monoisotopic (exact) mass is 328 g/mol. The van der Waals surface area contributed by atoms with Crippen LogP contribution in [0.2, 0.25) is 0 Å². The van der Waals surface area contributed by atoms with Crippen molar-refractivity contribution in [1.82, 2.24) is 10.0 Å². The maximum atomic E-state index is 12.6. The molecule has 0 heterocycles. The molecule has 122 valence electrons. The van der Waals surface area contributed by atoms with Gasteiger partial charge in [0, 0.05) is 6.92 Å². The summed E-state index contributed by atoms with van der Waals surface area (Å²) in [6.07, 6.45) is 0. The van der Waals surface area contributed by atoms with Gasteiger partial charge in [0.25, 0.3) is 0 Å². The minimum atomic E-state index is -4.13. The summed E-state index contributed by atoms with van der Waals surface area (Å²) in [5.74, 6) is -2.17. The zero-order valence-electron chi connectivity index (χ0n) is 13.1. The Balaban J connectivity index is 3.36. The minimum Gasteiger partial charge on any atom is -0.478 e. The maximum absolute atomic E-state index is 12.6. The molecule has 0 spiro atoms. The number of carboxylic acids is 1. The highest BCUT2D eigenvalue weighted by Crippen LogP contribution is 2.22. The number of carboxylic acid groups (broad SMARTS) is 1. The van der Waals surface area contributed by atoms with Crippen molar-refractivity contribution in [2.45, 2.75) is 45.2 Å². The lowest BCUT2D eigenvalue weighted by Gasteiger charge is -2.27. The Labute approximate surface area is 129 Å². The first-order valence-electron chi connectivity index (χ1n) is 6.53. The van der Waals surface area contributed by atoms with Crippen LogP contribution >= 0.6 is 0 Å².